The van der Waals surface area contributed by atoms with Crippen LogP contribution in [0.4, 0.5) is 14.9 Å². The van der Waals surface area contributed by atoms with Gasteiger partial charge in [0, 0.05) is 30.9 Å². The van der Waals surface area contributed by atoms with E-state index in [1.165, 1.54) is 25.7 Å². The Hall–Kier alpha value is -2.56. The summed E-state index contributed by atoms with van der Waals surface area (Å²) in [6, 6.07) is 13.2. The van der Waals surface area contributed by atoms with Crippen molar-refractivity contribution < 1.29 is 13.9 Å². The first-order valence-electron chi connectivity index (χ1n) is 11.2. The van der Waals surface area contributed by atoms with Crippen molar-refractivity contribution in [3.8, 4) is 0 Å². The monoisotopic (exact) mass is 408 g/mol. The van der Waals surface area contributed by atoms with Crippen LogP contribution in [0.25, 0.3) is 0 Å². The summed E-state index contributed by atoms with van der Waals surface area (Å²) in [6.07, 6.45) is 5.63. The minimum absolute atomic E-state index is 0.0737. The predicted molar refractivity (Wildman–Crippen MR) is 115 cm³/mol. The average Bonchev–Trinajstić information content (AvgIpc) is 3.12. The molecule has 1 aliphatic carbocycles. The first-order valence-corrected chi connectivity index (χ1v) is 11.2. The molecule has 30 heavy (non-hydrogen) atoms. The molecular formula is C25H29FN2O2. The van der Waals surface area contributed by atoms with Gasteiger partial charge in [-0.3, -0.25) is 0 Å². The van der Waals surface area contributed by atoms with Gasteiger partial charge in [-0.05, 0) is 41.9 Å². The SMILES string of the molecule is O=C(OCc1ccccc1)N1CCN2CC3CCCCCC3c3c(F)ccc(c32)C1. The Bertz CT molecular complexity index is 917. The molecular weight excluding hydrogens is 379 g/mol. The van der Waals surface area contributed by atoms with E-state index in [0.717, 1.165) is 41.9 Å². The number of nitrogens with zero attached hydrogens (tertiary/aromatic N) is 2. The molecule has 0 N–H and O–H groups in total. The van der Waals surface area contributed by atoms with Crippen molar-refractivity contribution in [3.63, 3.8) is 0 Å². The molecule has 0 bridgehead atoms. The number of hydrogen-bond donors (Lipinski definition) is 0. The van der Waals surface area contributed by atoms with Crippen LogP contribution in [0.15, 0.2) is 42.5 Å². The van der Waals surface area contributed by atoms with E-state index in [0.29, 0.717) is 24.9 Å². The number of carbonyl (C=O) groups is 1. The number of carbonyl (C=O) groups excluding carboxylic acids is 1. The van der Waals surface area contributed by atoms with Crippen LogP contribution in [-0.2, 0) is 17.9 Å². The van der Waals surface area contributed by atoms with E-state index in [4.69, 9.17) is 4.74 Å². The van der Waals surface area contributed by atoms with Crippen molar-refractivity contribution in [3.05, 3.63) is 65.0 Å². The van der Waals surface area contributed by atoms with E-state index < -0.39 is 0 Å². The summed E-state index contributed by atoms with van der Waals surface area (Å²) in [5, 5.41) is 0. The van der Waals surface area contributed by atoms with E-state index >= 15 is 4.39 Å². The van der Waals surface area contributed by atoms with Gasteiger partial charge in [-0.15, -0.1) is 0 Å². The first kappa shape index (κ1) is 19.4. The lowest BCUT2D eigenvalue weighted by Gasteiger charge is -2.41. The van der Waals surface area contributed by atoms with Gasteiger partial charge in [0.05, 0.1) is 6.54 Å². The second kappa shape index (κ2) is 8.29. The van der Waals surface area contributed by atoms with Crippen molar-refractivity contribution in [2.24, 2.45) is 5.92 Å². The van der Waals surface area contributed by atoms with Gasteiger partial charge in [-0.2, -0.15) is 0 Å². The van der Waals surface area contributed by atoms with Crippen molar-refractivity contribution in [2.45, 2.75) is 51.2 Å². The van der Waals surface area contributed by atoms with Crippen molar-refractivity contribution in [2.75, 3.05) is 24.5 Å². The maximum atomic E-state index is 15.1. The third kappa shape index (κ3) is 3.66. The minimum atomic E-state index is -0.300. The van der Waals surface area contributed by atoms with Gasteiger partial charge in [-0.1, -0.05) is 55.7 Å². The second-order valence-electron chi connectivity index (χ2n) is 8.88. The molecule has 0 spiro atoms. The van der Waals surface area contributed by atoms with Crippen molar-refractivity contribution in [1.29, 1.82) is 0 Å². The number of ether oxygens (including phenoxy) is 1. The normalized spacial score (nSPS) is 23.1. The molecule has 158 valence electrons. The molecule has 2 aromatic rings. The summed E-state index contributed by atoms with van der Waals surface area (Å²) in [7, 11) is 0. The third-order valence-corrected chi connectivity index (χ3v) is 7.01. The molecule has 1 amide bonds. The van der Waals surface area contributed by atoms with Gasteiger partial charge in [0.25, 0.3) is 0 Å². The number of halogens is 1. The molecule has 0 aromatic heterocycles. The quantitative estimate of drug-likeness (QED) is 0.661. The highest BCUT2D eigenvalue weighted by Crippen LogP contribution is 2.48. The molecule has 2 heterocycles. The summed E-state index contributed by atoms with van der Waals surface area (Å²) in [4.78, 5) is 16.9. The van der Waals surface area contributed by atoms with Gasteiger partial charge in [0.2, 0.25) is 0 Å². The lowest BCUT2D eigenvalue weighted by atomic mass is 9.77. The molecule has 4 nitrogen and oxygen atoms in total. The molecule has 5 heteroatoms. The smallest absolute Gasteiger partial charge is 0.410 e. The zero-order valence-electron chi connectivity index (χ0n) is 17.4. The third-order valence-electron chi connectivity index (χ3n) is 7.01. The summed E-state index contributed by atoms with van der Waals surface area (Å²) >= 11 is 0. The Kier molecular flexibility index (Phi) is 5.36. The van der Waals surface area contributed by atoms with Crippen LogP contribution >= 0.6 is 0 Å². The zero-order valence-corrected chi connectivity index (χ0v) is 17.4. The fourth-order valence-corrected chi connectivity index (χ4v) is 5.54. The number of amides is 1. The predicted octanol–water partition coefficient (Wildman–Crippen LogP) is 5.46. The number of hydrogen-bond acceptors (Lipinski definition) is 3. The minimum Gasteiger partial charge on any atom is -0.445 e. The maximum Gasteiger partial charge on any atom is 0.410 e. The number of rotatable bonds is 2. The van der Waals surface area contributed by atoms with E-state index in [-0.39, 0.29) is 18.5 Å². The summed E-state index contributed by atoms with van der Waals surface area (Å²) in [5.74, 6) is 0.757. The van der Waals surface area contributed by atoms with E-state index in [1.807, 2.05) is 36.4 Å². The fraction of sp³-hybridized carbons (Fsp3) is 0.480. The van der Waals surface area contributed by atoms with Crippen LogP contribution in [0.2, 0.25) is 0 Å². The van der Waals surface area contributed by atoms with Gasteiger partial charge in [-0.25, -0.2) is 9.18 Å². The molecule has 2 aromatic carbocycles. The van der Waals surface area contributed by atoms with Crippen molar-refractivity contribution in [1.82, 2.24) is 4.90 Å². The number of benzene rings is 2. The van der Waals surface area contributed by atoms with Gasteiger partial charge in [0.15, 0.2) is 0 Å². The summed E-state index contributed by atoms with van der Waals surface area (Å²) < 4.78 is 20.6. The van der Waals surface area contributed by atoms with E-state index in [1.54, 1.807) is 11.0 Å². The van der Waals surface area contributed by atoms with Crippen LogP contribution in [0.1, 0.15) is 54.7 Å². The van der Waals surface area contributed by atoms with Gasteiger partial charge < -0.3 is 14.5 Å². The Labute approximate surface area is 177 Å². The Morgan fingerprint density at radius 3 is 2.73 bits per heavy atom. The molecule has 0 radical (unpaired) electrons. The van der Waals surface area contributed by atoms with Gasteiger partial charge in [0.1, 0.15) is 12.4 Å². The largest absolute Gasteiger partial charge is 0.445 e. The van der Waals surface area contributed by atoms with Crippen LogP contribution in [0.5, 0.6) is 0 Å². The lowest BCUT2D eigenvalue weighted by molar-refractivity contribution is 0.0953. The molecule has 2 atom stereocenters. The number of anilines is 1. The molecule has 3 aliphatic rings. The van der Waals surface area contributed by atoms with Gasteiger partial charge >= 0.3 is 6.09 Å². The van der Waals surface area contributed by atoms with E-state index in [2.05, 4.69) is 4.90 Å². The first-order chi connectivity index (χ1) is 14.7. The highest BCUT2D eigenvalue weighted by atomic mass is 19.1. The molecule has 2 unspecified atom stereocenters. The van der Waals surface area contributed by atoms with Crippen LogP contribution < -0.4 is 4.90 Å². The molecule has 1 fully saturated rings. The molecule has 5 rings (SSSR count). The van der Waals surface area contributed by atoms with Crippen LogP contribution in [-0.4, -0.2) is 30.6 Å². The highest BCUT2D eigenvalue weighted by molar-refractivity contribution is 5.71. The topological polar surface area (TPSA) is 32.8 Å². The maximum absolute atomic E-state index is 15.1. The average molecular weight is 409 g/mol. The molecule has 0 saturated heterocycles. The summed E-state index contributed by atoms with van der Waals surface area (Å²) in [5.41, 5.74) is 3.98. The lowest BCUT2D eigenvalue weighted by Crippen LogP contribution is -2.41. The number of fused-ring (bicyclic) bond motifs is 2. The highest BCUT2D eigenvalue weighted by Gasteiger charge is 2.39. The van der Waals surface area contributed by atoms with E-state index in [9.17, 15) is 4.79 Å². The Balaban J connectivity index is 1.39. The Morgan fingerprint density at radius 1 is 1.03 bits per heavy atom. The Morgan fingerprint density at radius 2 is 1.87 bits per heavy atom. The zero-order chi connectivity index (χ0) is 20.5. The second-order valence-corrected chi connectivity index (χ2v) is 8.88. The van der Waals surface area contributed by atoms with Crippen LogP contribution in [0, 0.1) is 11.7 Å². The fourth-order valence-electron chi connectivity index (χ4n) is 5.54. The summed E-state index contributed by atoms with van der Waals surface area (Å²) in [6.45, 7) is 3.05. The molecule has 2 aliphatic heterocycles. The molecule has 1 saturated carbocycles. The van der Waals surface area contributed by atoms with Crippen molar-refractivity contribution >= 4 is 11.8 Å². The standard InChI is InChI=1S/C25H29FN2O2/c26-22-12-11-20-16-28(25(29)30-17-18-7-3-1-4-8-18)14-13-27-15-19-9-5-2-6-10-21(19)23(22)24(20)27/h1,3-4,7-8,11-12,19,21H,2,5-6,9-10,13-17H2. The van der Waals surface area contributed by atoms with Crippen LogP contribution in [0.3, 0.4) is 0 Å².